The summed E-state index contributed by atoms with van der Waals surface area (Å²) in [6, 6.07) is 17.3. The number of halogens is 1. The van der Waals surface area contributed by atoms with E-state index in [4.69, 9.17) is 0 Å². The van der Waals surface area contributed by atoms with Crippen LogP contribution in [-0.4, -0.2) is 36.8 Å². The minimum Gasteiger partial charge on any atom is -0.352 e. The molecular formula is C24H26FN3O4S. The van der Waals surface area contributed by atoms with Crippen LogP contribution in [0.25, 0.3) is 0 Å². The number of nitrogens with one attached hydrogen (secondary N) is 1. The van der Waals surface area contributed by atoms with Crippen LogP contribution in [0.5, 0.6) is 0 Å². The van der Waals surface area contributed by atoms with E-state index in [1.54, 1.807) is 22.9 Å². The average molecular weight is 472 g/mol. The number of sulfonamides is 1. The summed E-state index contributed by atoms with van der Waals surface area (Å²) in [6.07, 6.45) is 2.27. The number of benzene rings is 2. The summed E-state index contributed by atoms with van der Waals surface area (Å²) in [6.45, 7) is 0.995. The van der Waals surface area contributed by atoms with Gasteiger partial charge in [-0.1, -0.05) is 30.3 Å². The lowest BCUT2D eigenvalue weighted by molar-refractivity contribution is -0.121. The molecule has 0 atom stereocenters. The lowest BCUT2D eigenvalue weighted by Crippen LogP contribution is -2.29. The van der Waals surface area contributed by atoms with Crippen molar-refractivity contribution in [1.29, 1.82) is 0 Å². The van der Waals surface area contributed by atoms with Crippen molar-refractivity contribution in [1.82, 2.24) is 14.2 Å². The first-order valence-corrected chi connectivity index (χ1v) is 11.9. The molecule has 1 heterocycles. The maximum absolute atomic E-state index is 13.0. The molecular weight excluding hydrogens is 445 g/mol. The molecule has 3 rings (SSSR count). The first-order valence-electron chi connectivity index (χ1n) is 10.5. The van der Waals surface area contributed by atoms with Crippen LogP contribution in [0, 0.1) is 5.82 Å². The molecule has 0 unspecified atom stereocenters. The second-order valence-electron chi connectivity index (χ2n) is 7.64. The fourth-order valence-electron chi connectivity index (χ4n) is 3.21. The molecule has 2 aromatic carbocycles. The molecule has 0 radical (unpaired) electrons. The van der Waals surface area contributed by atoms with Gasteiger partial charge in [-0.15, -0.1) is 0 Å². The van der Waals surface area contributed by atoms with Crippen LogP contribution < -0.4 is 10.9 Å². The van der Waals surface area contributed by atoms with E-state index in [9.17, 15) is 22.4 Å². The van der Waals surface area contributed by atoms with Gasteiger partial charge in [-0.3, -0.25) is 9.59 Å². The number of rotatable bonds is 10. The zero-order chi connectivity index (χ0) is 23.8. The van der Waals surface area contributed by atoms with Crippen LogP contribution in [0.2, 0.25) is 0 Å². The number of hydrogen-bond donors (Lipinski definition) is 1. The van der Waals surface area contributed by atoms with Crippen molar-refractivity contribution in [3.8, 4) is 0 Å². The predicted octanol–water partition coefficient (Wildman–Crippen LogP) is 2.75. The van der Waals surface area contributed by atoms with Gasteiger partial charge < -0.3 is 9.88 Å². The summed E-state index contributed by atoms with van der Waals surface area (Å²) < 4.78 is 40.7. The Morgan fingerprint density at radius 1 is 1.00 bits per heavy atom. The molecule has 0 spiro atoms. The molecule has 7 nitrogen and oxygen atoms in total. The van der Waals surface area contributed by atoms with Crippen LogP contribution in [0.4, 0.5) is 4.39 Å². The molecule has 33 heavy (non-hydrogen) atoms. The van der Waals surface area contributed by atoms with Gasteiger partial charge in [0.2, 0.25) is 15.9 Å². The highest BCUT2D eigenvalue weighted by molar-refractivity contribution is 7.89. The maximum Gasteiger partial charge on any atom is 0.250 e. The van der Waals surface area contributed by atoms with Crippen molar-refractivity contribution in [2.45, 2.75) is 30.8 Å². The first-order chi connectivity index (χ1) is 15.8. The Bertz CT molecular complexity index is 1240. The highest BCUT2D eigenvalue weighted by Crippen LogP contribution is 2.15. The molecule has 0 aliphatic heterocycles. The van der Waals surface area contributed by atoms with E-state index in [0.717, 1.165) is 27.6 Å². The van der Waals surface area contributed by atoms with Gasteiger partial charge in [0.25, 0.3) is 5.56 Å². The lowest BCUT2D eigenvalue weighted by Gasteiger charge is -2.17. The number of carbonyl (C=O) groups is 1. The third kappa shape index (κ3) is 6.84. The third-order valence-corrected chi connectivity index (χ3v) is 7.03. The van der Waals surface area contributed by atoms with Gasteiger partial charge in [-0.25, -0.2) is 17.1 Å². The quantitative estimate of drug-likeness (QED) is 0.493. The van der Waals surface area contributed by atoms with E-state index in [1.165, 1.54) is 25.2 Å². The number of pyridine rings is 1. The van der Waals surface area contributed by atoms with Crippen LogP contribution in [0.15, 0.2) is 82.6 Å². The van der Waals surface area contributed by atoms with Crippen molar-refractivity contribution >= 4 is 15.9 Å². The number of amides is 1. The molecule has 1 N–H and O–H groups in total. The molecule has 0 bridgehead atoms. The number of carbonyl (C=O) groups excluding carboxylic acids is 1. The molecule has 174 valence electrons. The zero-order valence-electron chi connectivity index (χ0n) is 18.3. The van der Waals surface area contributed by atoms with Crippen LogP contribution >= 0.6 is 0 Å². The van der Waals surface area contributed by atoms with E-state index in [0.29, 0.717) is 19.5 Å². The van der Waals surface area contributed by atoms with Gasteiger partial charge in [-0.2, -0.15) is 0 Å². The summed E-state index contributed by atoms with van der Waals surface area (Å²) in [5.74, 6) is -0.683. The van der Waals surface area contributed by atoms with Gasteiger partial charge in [0.15, 0.2) is 0 Å². The molecule has 0 aliphatic carbocycles. The topological polar surface area (TPSA) is 88.5 Å². The van der Waals surface area contributed by atoms with Gasteiger partial charge in [0.1, 0.15) is 5.82 Å². The van der Waals surface area contributed by atoms with E-state index >= 15 is 0 Å². The van der Waals surface area contributed by atoms with Crippen LogP contribution in [0.3, 0.4) is 0 Å². The Balaban J connectivity index is 1.42. The van der Waals surface area contributed by atoms with Crippen LogP contribution in [0.1, 0.15) is 24.0 Å². The standard InChI is InChI=1S/C24H26FN3O4S/c1-27(33(31,32)22-13-11-21(25)12-14-22)15-4-5-23(29)26-17-19-7-9-20(10-8-19)18-28-16-3-2-6-24(28)30/h2-3,6-14,16H,4-5,15,17-18H2,1H3,(H,26,29). The second kappa shape index (κ2) is 11.0. The van der Waals surface area contributed by atoms with Crippen molar-refractivity contribution in [2.24, 2.45) is 0 Å². The Morgan fingerprint density at radius 2 is 1.67 bits per heavy atom. The molecule has 3 aromatic rings. The maximum atomic E-state index is 13.0. The summed E-state index contributed by atoms with van der Waals surface area (Å²) in [5, 5.41) is 2.82. The highest BCUT2D eigenvalue weighted by atomic mass is 32.2. The Kier molecular flexibility index (Phi) is 8.13. The molecule has 9 heteroatoms. The average Bonchev–Trinajstić information content (AvgIpc) is 2.80. The largest absolute Gasteiger partial charge is 0.352 e. The summed E-state index contributed by atoms with van der Waals surface area (Å²) >= 11 is 0. The monoisotopic (exact) mass is 471 g/mol. The summed E-state index contributed by atoms with van der Waals surface area (Å²) in [5.41, 5.74) is 1.83. The molecule has 1 amide bonds. The minimum atomic E-state index is -3.72. The van der Waals surface area contributed by atoms with Crippen molar-refractivity contribution in [3.05, 3.63) is 100 Å². The Labute approximate surface area is 192 Å². The number of aromatic nitrogens is 1. The second-order valence-corrected chi connectivity index (χ2v) is 9.69. The summed E-state index contributed by atoms with van der Waals surface area (Å²) in [4.78, 5) is 24.0. The van der Waals surface area contributed by atoms with Crippen molar-refractivity contribution < 1.29 is 17.6 Å². The van der Waals surface area contributed by atoms with Crippen molar-refractivity contribution in [3.63, 3.8) is 0 Å². The molecule has 0 aliphatic rings. The third-order valence-electron chi connectivity index (χ3n) is 5.16. The molecule has 0 saturated heterocycles. The van der Waals surface area contributed by atoms with Gasteiger partial charge >= 0.3 is 0 Å². The molecule has 0 fully saturated rings. The SMILES string of the molecule is CN(CCCC(=O)NCc1ccc(Cn2ccccc2=O)cc1)S(=O)(=O)c1ccc(F)cc1. The Morgan fingerprint density at radius 3 is 2.33 bits per heavy atom. The number of nitrogens with zero attached hydrogens (tertiary/aromatic N) is 2. The smallest absolute Gasteiger partial charge is 0.250 e. The first kappa shape index (κ1) is 24.3. The van der Waals surface area contributed by atoms with E-state index in [-0.39, 0.29) is 29.3 Å². The van der Waals surface area contributed by atoms with E-state index in [1.807, 2.05) is 24.3 Å². The Hall–Kier alpha value is -3.30. The van der Waals surface area contributed by atoms with Crippen LogP contribution in [-0.2, 0) is 27.9 Å². The predicted molar refractivity (Wildman–Crippen MR) is 124 cm³/mol. The zero-order valence-corrected chi connectivity index (χ0v) is 19.1. The van der Waals surface area contributed by atoms with Gasteiger partial charge in [-0.05, 0) is 47.9 Å². The van der Waals surface area contributed by atoms with Crippen molar-refractivity contribution in [2.75, 3.05) is 13.6 Å². The fraction of sp³-hybridized carbons (Fsp3) is 0.250. The van der Waals surface area contributed by atoms with E-state index in [2.05, 4.69) is 5.32 Å². The molecule has 1 aromatic heterocycles. The van der Waals surface area contributed by atoms with E-state index < -0.39 is 15.8 Å². The normalized spacial score (nSPS) is 11.5. The number of hydrogen-bond acceptors (Lipinski definition) is 4. The lowest BCUT2D eigenvalue weighted by atomic mass is 10.1. The fourth-order valence-corrected chi connectivity index (χ4v) is 4.42. The summed E-state index contributed by atoms with van der Waals surface area (Å²) in [7, 11) is -2.29. The van der Waals surface area contributed by atoms with Gasteiger partial charge in [0.05, 0.1) is 11.4 Å². The minimum absolute atomic E-state index is 0.0106. The van der Waals surface area contributed by atoms with Gasteiger partial charge in [0, 0.05) is 38.8 Å². The molecule has 0 saturated carbocycles. The highest BCUT2D eigenvalue weighted by Gasteiger charge is 2.20.